The summed E-state index contributed by atoms with van der Waals surface area (Å²) in [4.78, 5) is 7.80. The van der Waals surface area contributed by atoms with Crippen LogP contribution in [0, 0.1) is 5.92 Å². The van der Waals surface area contributed by atoms with Gasteiger partial charge < -0.3 is 4.74 Å². The van der Waals surface area contributed by atoms with Crippen molar-refractivity contribution in [3.63, 3.8) is 0 Å². The number of halogens is 1. The molecular weight excluding hydrogens is 220 g/mol. The number of nitrogens with zero attached hydrogens (tertiary/aromatic N) is 2. The lowest BCUT2D eigenvalue weighted by Crippen LogP contribution is -2.06. The average molecular weight is 231 g/mol. The fourth-order valence-corrected chi connectivity index (χ4v) is 0.988. The largest absolute Gasteiger partial charge is 0.477 e. The van der Waals surface area contributed by atoms with Crippen molar-refractivity contribution in [1.29, 1.82) is 0 Å². The molecule has 0 aliphatic heterocycles. The minimum Gasteiger partial charge on any atom is -0.477 e. The van der Waals surface area contributed by atoms with Crippen molar-refractivity contribution >= 4 is 15.9 Å². The lowest BCUT2D eigenvalue weighted by atomic mass is 10.2. The molecule has 0 aliphatic carbocycles. The number of aromatic nitrogens is 2. The SMILES string of the molecule is CC(C)COc1ncncc1Br. The number of ether oxygens (including phenoxy) is 1. The van der Waals surface area contributed by atoms with E-state index in [1.807, 2.05) is 0 Å². The van der Waals surface area contributed by atoms with Crippen LogP contribution in [-0.2, 0) is 0 Å². The highest BCUT2D eigenvalue weighted by Crippen LogP contribution is 2.19. The highest BCUT2D eigenvalue weighted by atomic mass is 79.9. The zero-order chi connectivity index (χ0) is 8.97. The van der Waals surface area contributed by atoms with E-state index < -0.39 is 0 Å². The van der Waals surface area contributed by atoms with Gasteiger partial charge in [0.2, 0.25) is 5.88 Å². The van der Waals surface area contributed by atoms with E-state index in [1.165, 1.54) is 6.33 Å². The monoisotopic (exact) mass is 230 g/mol. The molecule has 1 aromatic heterocycles. The average Bonchev–Trinajstić information content (AvgIpc) is 2.03. The van der Waals surface area contributed by atoms with Gasteiger partial charge >= 0.3 is 0 Å². The van der Waals surface area contributed by atoms with Crippen LogP contribution in [0.25, 0.3) is 0 Å². The number of rotatable bonds is 3. The van der Waals surface area contributed by atoms with E-state index in [4.69, 9.17) is 4.74 Å². The Morgan fingerprint density at radius 2 is 2.33 bits per heavy atom. The molecule has 0 aliphatic rings. The summed E-state index contributed by atoms with van der Waals surface area (Å²) in [6.45, 7) is 4.86. The summed E-state index contributed by atoms with van der Waals surface area (Å²) < 4.78 is 6.20. The van der Waals surface area contributed by atoms with E-state index in [9.17, 15) is 0 Å². The quantitative estimate of drug-likeness (QED) is 0.800. The van der Waals surface area contributed by atoms with Crippen molar-refractivity contribution in [1.82, 2.24) is 9.97 Å². The van der Waals surface area contributed by atoms with Crippen LogP contribution in [-0.4, -0.2) is 16.6 Å². The Morgan fingerprint density at radius 1 is 1.58 bits per heavy atom. The molecule has 0 unspecified atom stereocenters. The number of hydrogen-bond acceptors (Lipinski definition) is 3. The van der Waals surface area contributed by atoms with Crippen LogP contribution in [0.5, 0.6) is 5.88 Å². The van der Waals surface area contributed by atoms with Crippen LogP contribution in [0.1, 0.15) is 13.8 Å². The van der Waals surface area contributed by atoms with Crippen LogP contribution in [0.15, 0.2) is 17.0 Å². The van der Waals surface area contributed by atoms with Crippen molar-refractivity contribution < 1.29 is 4.74 Å². The predicted octanol–water partition coefficient (Wildman–Crippen LogP) is 2.27. The third-order valence-corrected chi connectivity index (χ3v) is 1.73. The maximum atomic E-state index is 5.40. The van der Waals surface area contributed by atoms with Gasteiger partial charge in [-0.05, 0) is 21.8 Å². The third-order valence-electron chi connectivity index (χ3n) is 1.19. The van der Waals surface area contributed by atoms with Crippen LogP contribution in [0.4, 0.5) is 0 Å². The summed E-state index contributed by atoms with van der Waals surface area (Å²) >= 11 is 3.30. The minimum absolute atomic E-state index is 0.506. The minimum atomic E-state index is 0.506. The van der Waals surface area contributed by atoms with Crippen molar-refractivity contribution in [2.75, 3.05) is 6.61 Å². The maximum Gasteiger partial charge on any atom is 0.231 e. The Morgan fingerprint density at radius 3 is 2.92 bits per heavy atom. The molecule has 0 N–H and O–H groups in total. The van der Waals surface area contributed by atoms with Gasteiger partial charge in [-0.2, -0.15) is 0 Å². The van der Waals surface area contributed by atoms with Crippen LogP contribution in [0.2, 0.25) is 0 Å². The molecule has 0 aromatic carbocycles. The zero-order valence-electron chi connectivity index (χ0n) is 7.12. The molecule has 0 radical (unpaired) electrons. The van der Waals surface area contributed by atoms with Crippen molar-refractivity contribution in [3.05, 3.63) is 17.0 Å². The summed E-state index contributed by atoms with van der Waals surface area (Å²) in [7, 11) is 0. The molecule has 12 heavy (non-hydrogen) atoms. The third kappa shape index (κ3) is 2.77. The van der Waals surface area contributed by atoms with Crippen LogP contribution >= 0.6 is 15.9 Å². The van der Waals surface area contributed by atoms with Gasteiger partial charge in [-0.1, -0.05) is 13.8 Å². The molecule has 3 nitrogen and oxygen atoms in total. The Kier molecular flexibility index (Phi) is 3.47. The van der Waals surface area contributed by atoms with Crippen molar-refractivity contribution in [3.8, 4) is 5.88 Å². The lowest BCUT2D eigenvalue weighted by Gasteiger charge is -2.07. The van der Waals surface area contributed by atoms with Gasteiger partial charge in [0.25, 0.3) is 0 Å². The van der Waals surface area contributed by atoms with Gasteiger partial charge in [0.05, 0.1) is 11.1 Å². The van der Waals surface area contributed by atoms with Gasteiger partial charge in [-0.3, -0.25) is 0 Å². The summed E-state index contributed by atoms with van der Waals surface area (Å²) in [5.74, 6) is 1.12. The van der Waals surface area contributed by atoms with E-state index in [2.05, 4.69) is 39.7 Å². The Labute approximate surface area is 80.3 Å². The Hall–Kier alpha value is -0.640. The van der Waals surface area contributed by atoms with Crippen LogP contribution < -0.4 is 4.74 Å². The molecule has 0 bridgehead atoms. The molecule has 0 amide bonds. The Balaban J connectivity index is 2.57. The standard InChI is InChI=1S/C8H11BrN2O/c1-6(2)4-12-8-7(9)3-10-5-11-8/h3,5-6H,4H2,1-2H3. The molecule has 4 heteroatoms. The molecule has 66 valence electrons. The zero-order valence-corrected chi connectivity index (χ0v) is 8.71. The first-order chi connectivity index (χ1) is 5.70. The second-order valence-corrected chi connectivity index (χ2v) is 3.74. The van der Waals surface area contributed by atoms with Gasteiger partial charge in [0, 0.05) is 6.20 Å². The molecule has 0 saturated carbocycles. The molecule has 1 rings (SSSR count). The first-order valence-electron chi connectivity index (χ1n) is 3.78. The van der Waals surface area contributed by atoms with Gasteiger partial charge in [-0.25, -0.2) is 9.97 Å². The molecule has 0 spiro atoms. The second kappa shape index (κ2) is 4.40. The van der Waals surface area contributed by atoms with E-state index in [-0.39, 0.29) is 0 Å². The number of hydrogen-bond donors (Lipinski definition) is 0. The smallest absolute Gasteiger partial charge is 0.231 e. The molecule has 1 aromatic rings. The van der Waals surface area contributed by atoms with Crippen molar-refractivity contribution in [2.45, 2.75) is 13.8 Å². The summed E-state index contributed by atoms with van der Waals surface area (Å²) in [6.07, 6.45) is 3.14. The summed E-state index contributed by atoms with van der Waals surface area (Å²) in [6, 6.07) is 0. The topological polar surface area (TPSA) is 35.0 Å². The highest BCUT2D eigenvalue weighted by molar-refractivity contribution is 9.10. The van der Waals surface area contributed by atoms with Crippen LogP contribution in [0.3, 0.4) is 0 Å². The molecule has 1 heterocycles. The maximum absolute atomic E-state index is 5.40. The van der Waals surface area contributed by atoms with Gasteiger partial charge in [0.1, 0.15) is 6.33 Å². The second-order valence-electron chi connectivity index (χ2n) is 2.88. The van der Waals surface area contributed by atoms with E-state index >= 15 is 0 Å². The molecule has 0 atom stereocenters. The normalized spacial score (nSPS) is 10.3. The lowest BCUT2D eigenvalue weighted by molar-refractivity contribution is 0.259. The van der Waals surface area contributed by atoms with Gasteiger partial charge in [0.15, 0.2) is 0 Å². The first-order valence-corrected chi connectivity index (χ1v) is 4.57. The van der Waals surface area contributed by atoms with E-state index in [1.54, 1.807) is 6.20 Å². The molecule has 0 fully saturated rings. The van der Waals surface area contributed by atoms with E-state index in [0.29, 0.717) is 18.4 Å². The fraction of sp³-hybridized carbons (Fsp3) is 0.500. The molecule has 0 saturated heterocycles. The predicted molar refractivity (Wildman–Crippen MR) is 50.1 cm³/mol. The van der Waals surface area contributed by atoms with E-state index in [0.717, 1.165) is 4.47 Å². The van der Waals surface area contributed by atoms with Crippen molar-refractivity contribution in [2.24, 2.45) is 5.92 Å². The highest BCUT2D eigenvalue weighted by Gasteiger charge is 2.02. The summed E-state index contributed by atoms with van der Waals surface area (Å²) in [5.41, 5.74) is 0. The molecular formula is C8H11BrN2O. The summed E-state index contributed by atoms with van der Waals surface area (Å²) in [5, 5.41) is 0. The van der Waals surface area contributed by atoms with Gasteiger partial charge in [-0.15, -0.1) is 0 Å². The Bertz CT molecular complexity index is 253. The first kappa shape index (κ1) is 9.45. The fourth-order valence-electron chi connectivity index (χ4n) is 0.653.